The van der Waals surface area contributed by atoms with Gasteiger partial charge in [0.1, 0.15) is 12.4 Å². The summed E-state index contributed by atoms with van der Waals surface area (Å²) in [5.41, 5.74) is 0.710. The van der Waals surface area contributed by atoms with Gasteiger partial charge >= 0.3 is 0 Å². The molecule has 0 bridgehead atoms. The number of ether oxygens (including phenoxy) is 1. The summed E-state index contributed by atoms with van der Waals surface area (Å²) >= 11 is 0. The fourth-order valence-electron chi connectivity index (χ4n) is 2.42. The van der Waals surface area contributed by atoms with Gasteiger partial charge < -0.3 is 18.8 Å². The second-order valence-electron chi connectivity index (χ2n) is 5.05. The van der Waals surface area contributed by atoms with Crippen LogP contribution in [0.25, 0.3) is 17.0 Å². The van der Waals surface area contributed by atoms with E-state index in [1.807, 2.05) is 48.0 Å². The van der Waals surface area contributed by atoms with E-state index in [1.165, 1.54) is 6.07 Å². The van der Waals surface area contributed by atoms with Gasteiger partial charge in [0.15, 0.2) is 12.5 Å². The van der Waals surface area contributed by atoms with Crippen LogP contribution in [-0.4, -0.2) is 9.67 Å². The lowest BCUT2D eigenvalue weighted by atomic mass is 10.2. The molecule has 0 fully saturated rings. The first-order chi connectivity index (χ1) is 11.2. The molecular weight excluding hydrogens is 294 g/mol. The average Bonchev–Trinajstić information content (AvgIpc) is 2.97. The number of fused-ring (bicyclic) bond motifs is 1. The highest BCUT2D eigenvalue weighted by atomic mass is 16.5. The number of rotatable bonds is 5. The van der Waals surface area contributed by atoms with Gasteiger partial charge in [-0.3, -0.25) is 4.79 Å². The monoisotopic (exact) mass is 311 g/mol. The Morgan fingerprint density at radius 3 is 2.91 bits per heavy atom. The Balaban J connectivity index is 1.92. The van der Waals surface area contributed by atoms with Crippen molar-refractivity contribution in [3.63, 3.8) is 0 Å². The maximum atomic E-state index is 12.2. The molecule has 0 amide bonds. The zero-order chi connectivity index (χ0) is 16.2. The summed E-state index contributed by atoms with van der Waals surface area (Å²) in [6.45, 7) is 1.68. The van der Waals surface area contributed by atoms with Crippen molar-refractivity contribution in [1.29, 1.82) is 0 Å². The lowest BCUT2D eigenvalue weighted by molar-refractivity contribution is 0.216. The first-order valence-electron chi connectivity index (χ1n) is 7.30. The number of nitrogens with zero attached hydrogens (tertiary/aromatic N) is 1. The fourth-order valence-corrected chi connectivity index (χ4v) is 2.42. The SMILES string of the molecule is CC=Cc1oc(CO)cc(=O)c1OCn1ccc2ccccc21. The first kappa shape index (κ1) is 15.1. The van der Waals surface area contributed by atoms with Crippen LogP contribution < -0.4 is 10.2 Å². The summed E-state index contributed by atoms with van der Waals surface area (Å²) in [7, 11) is 0. The zero-order valence-corrected chi connectivity index (χ0v) is 12.7. The molecule has 1 N–H and O–H groups in total. The third-order valence-corrected chi connectivity index (χ3v) is 3.48. The number of allylic oxidation sites excluding steroid dienone is 1. The molecule has 3 rings (SSSR count). The van der Waals surface area contributed by atoms with Crippen LogP contribution in [0.1, 0.15) is 18.4 Å². The largest absolute Gasteiger partial charge is 0.465 e. The summed E-state index contributed by atoms with van der Waals surface area (Å²) in [5, 5.41) is 10.2. The van der Waals surface area contributed by atoms with Crippen molar-refractivity contribution < 1.29 is 14.3 Å². The van der Waals surface area contributed by atoms with E-state index < -0.39 is 0 Å². The molecule has 0 radical (unpaired) electrons. The Labute approximate surface area is 133 Å². The zero-order valence-electron chi connectivity index (χ0n) is 12.7. The molecule has 0 saturated heterocycles. The van der Waals surface area contributed by atoms with E-state index in [-0.39, 0.29) is 30.3 Å². The molecule has 2 aromatic heterocycles. The molecule has 0 saturated carbocycles. The highest BCUT2D eigenvalue weighted by molar-refractivity contribution is 5.79. The molecule has 2 heterocycles. The molecule has 0 aliphatic heterocycles. The maximum Gasteiger partial charge on any atom is 0.227 e. The topological polar surface area (TPSA) is 64.6 Å². The summed E-state index contributed by atoms with van der Waals surface area (Å²) in [6.07, 6.45) is 5.30. The predicted molar refractivity (Wildman–Crippen MR) is 88.2 cm³/mol. The quantitative estimate of drug-likeness (QED) is 0.786. The number of aromatic nitrogens is 1. The van der Waals surface area contributed by atoms with Gasteiger partial charge in [-0.2, -0.15) is 0 Å². The Kier molecular flexibility index (Phi) is 4.30. The number of hydrogen-bond donors (Lipinski definition) is 1. The molecule has 5 heteroatoms. The smallest absolute Gasteiger partial charge is 0.227 e. The highest BCUT2D eigenvalue weighted by Crippen LogP contribution is 2.20. The van der Waals surface area contributed by atoms with Crippen molar-refractivity contribution in [2.75, 3.05) is 0 Å². The molecular formula is C18H17NO4. The van der Waals surface area contributed by atoms with Crippen LogP contribution in [0.3, 0.4) is 0 Å². The van der Waals surface area contributed by atoms with E-state index in [0.717, 1.165) is 10.9 Å². The Morgan fingerprint density at radius 2 is 2.13 bits per heavy atom. The lowest BCUT2D eigenvalue weighted by Gasteiger charge is -2.10. The minimum absolute atomic E-state index is 0.137. The van der Waals surface area contributed by atoms with Crippen LogP contribution in [0.4, 0.5) is 0 Å². The minimum Gasteiger partial charge on any atom is -0.465 e. The molecule has 118 valence electrons. The summed E-state index contributed by atoms with van der Waals surface area (Å²) in [4.78, 5) is 12.2. The van der Waals surface area contributed by atoms with E-state index in [4.69, 9.17) is 14.3 Å². The van der Waals surface area contributed by atoms with Crippen molar-refractivity contribution in [1.82, 2.24) is 4.57 Å². The van der Waals surface area contributed by atoms with Crippen molar-refractivity contribution >= 4 is 17.0 Å². The molecule has 23 heavy (non-hydrogen) atoms. The molecule has 0 spiro atoms. The van der Waals surface area contributed by atoms with Crippen LogP contribution >= 0.6 is 0 Å². The van der Waals surface area contributed by atoms with Gasteiger partial charge in [0.25, 0.3) is 0 Å². The van der Waals surface area contributed by atoms with Gasteiger partial charge in [-0.25, -0.2) is 0 Å². The van der Waals surface area contributed by atoms with Gasteiger partial charge in [0, 0.05) is 12.3 Å². The molecule has 0 aliphatic carbocycles. The number of aliphatic hydroxyl groups excluding tert-OH is 1. The molecule has 1 aromatic carbocycles. The second-order valence-corrected chi connectivity index (χ2v) is 5.05. The Hall–Kier alpha value is -2.79. The average molecular weight is 311 g/mol. The van der Waals surface area contributed by atoms with Gasteiger partial charge in [-0.15, -0.1) is 0 Å². The van der Waals surface area contributed by atoms with Crippen molar-refractivity contribution in [2.45, 2.75) is 20.3 Å². The number of hydrogen-bond acceptors (Lipinski definition) is 4. The third kappa shape index (κ3) is 3.05. The van der Waals surface area contributed by atoms with Crippen LogP contribution in [0.5, 0.6) is 5.75 Å². The van der Waals surface area contributed by atoms with Gasteiger partial charge in [-0.05, 0) is 30.5 Å². The molecule has 5 nitrogen and oxygen atoms in total. The first-order valence-corrected chi connectivity index (χ1v) is 7.30. The summed E-state index contributed by atoms with van der Waals surface area (Å²) in [5.74, 6) is 0.653. The number of para-hydroxylation sites is 1. The predicted octanol–water partition coefficient (Wildman–Crippen LogP) is 3.16. The minimum atomic E-state index is -0.331. The normalized spacial score (nSPS) is 11.4. The second kappa shape index (κ2) is 6.54. The van der Waals surface area contributed by atoms with Crippen LogP contribution in [0.15, 0.2) is 57.9 Å². The Bertz CT molecular complexity index is 905. The molecule has 0 atom stereocenters. The molecule has 0 aliphatic rings. The van der Waals surface area contributed by atoms with Gasteiger partial charge in [0.05, 0.1) is 5.52 Å². The van der Waals surface area contributed by atoms with Crippen LogP contribution in [-0.2, 0) is 13.3 Å². The summed E-state index contributed by atoms with van der Waals surface area (Å²) < 4.78 is 13.1. The van der Waals surface area contributed by atoms with E-state index in [1.54, 1.807) is 12.2 Å². The molecule has 0 unspecified atom stereocenters. The van der Waals surface area contributed by atoms with Gasteiger partial charge in [-0.1, -0.05) is 24.3 Å². The Morgan fingerprint density at radius 1 is 1.30 bits per heavy atom. The maximum absolute atomic E-state index is 12.2. The van der Waals surface area contributed by atoms with E-state index in [2.05, 4.69) is 0 Å². The number of aliphatic hydroxyl groups is 1. The van der Waals surface area contributed by atoms with Crippen molar-refractivity contribution in [3.05, 3.63) is 70.4 Å². The van der Waals surface area contributed by atoms with E-state index in [0.29, 0.717) is 5.76 Å². The van der Waals surface area contributed by atoms with Crippen molar-refractivity contribution in [2.24, 2.45) is 0 Å². The fraction of sp³-hybridized carbons (Fsp3) is 0.167. The lowest BCUT2D eigenvalue weighted by Crippen LogP contribution is -2.13. The molecule has 3 aromatic rings. The third-order valence-electron chi connectivity index (χ3n) is 3.48. The van der Waals surface area contributed by atoms with Gasteiger partial charge in [0.2, 0.25) is 11.2 Å². The van der Waals surface area contributed by atoms with Crippen LogP contribution in [0.2, 0.25) is 0 Å². The highest BCUT2D eigenvalue weighted by Gasteiger charge is 2.12. The number of benzene rings is 1. The van der Waals surface area contributed by atoms with Crippen LogP contribution in [0, 0.1) is 0 Å². The van der Waals surface area contributed by atoms with E-state index in [9.17, 15) is 4.79 Å². The van der Waals surface area contributed by atoms with Crippen molar-refractivity contribution in [3.8, 4) is 5.75 Å². The summed E-state index contributed by atoms with van der Waals surface area (Å²) in [6, 6.07) is 11.2. The standard InChI is InChI=1S/C18H17NO4/c1-2-5-17-18(16(21)10-14(11-20)23-17)22-12-19-9-8-13-6-3-4-7-15(13)19/h2-10,20H,11-12H2,1H3. The van der Waals surface area contributed by atoms with E-state index >= 15 is 0 Å².